The summed E-state index contributed by atoms with van der Waals surface area (Å²) in [4.78, 5) is 24.5. The molecule has 31 heavy (non-hydrogen) atoms. The van der Waals surface area contributed by atoms with Gasteiger partial charge in [-0.05, 0) is 31.0 Å². The van der Waals surface area contributed by atoms with Crippen LogP contribution in [0.15, 0.2) is 23.1 Å². The number of aromatic nitrogens is 2. The monoisotopic (exact) mass is 490 g/mol. The van der Waals surface area contributed by atoms with Crippen molar-refractivity contribution >= 4 is 50.8 Å². The molecule has 1 heterocycles. The van der Waals surface area contributed by atoms with E-state index in [0.717, 1.165) is 4.31 Å². The number of halogens is 2. The number of hydrogen-bond acceptors (Lipinski definition) is 6. The molecule has 0 fully saturated rings. The van der Waals surface area contributed by atoms with Gasteiger partial charge in [0.15, 0.2) is 6.61 Å². The first kappa shape index (κ1) is 25.1. The van der Waals surface area contributed by atoms with Crippen LogP contribution in [0, 0.1) is 12.8 Å². The van der Waals surface area contributed by atoms with Crippen LogP contribution in [-0.4, -0.2) is 55.1 Å². The lowest BCUT2D eigenvalue weighted by molar-refractivity contribution is -0.119. The molecule has 0 aliphatic rings. The maximum atomic E-state index is 12.4. The predicted molar refractivity (Wildman–Crippen MR) is 118 cm³/mol. The van der Waals surface area contributed by atoms with Crippen LogP contribution >= 0.6 is 23.2 Å². The Morgan fingerprint density at radius 2 is 1.90 bits per heavy atom. The number of hydrogen-bond donors (Lipinski definition) is 1. The average molecular weight is 491 g/mol. The minimum absolute atomic E-state index is 0.0154. The highest BCUT2D eigenvalue weighted by Gasteiger charge is 2.24. The summed E-state index contributed by atoms with van der Waals surface area (Å²) in [7, 11) is -1.07. The Balaban J connectivity index is 2.08. The van der Waals surface area contributed by atoms with E-state index in [0.29, 0.717) is 12.2 Å². The number of nitrogens with zero attached hydrogens (tertiary/aromatic N) is 3. The van der Waals surface area contributed by atoms with Crippen molar-refractivity contribution in [2.75, 3.05) is 26.0 Å². The number of esters is 1. The SMILES string of the molecule is Cc1nn(CC(C)C)c(Cl)c1C(=O)OCC(=O)Nc1ccc(Cl)c(S(=O)(=O)N(C)C)c1. The fourth-order valence-corrected chi connectivity index (χ4v) is 4.34. The van der Waals surface area contributed by atoms with E-state index in [-0.39, 0.29) is 32.2 Å². The van der Waals surface area contributed by atoms with Gasteiger partial charge in [-0.2, -0.15) is 5.10 Å². The van der Waals surface area contributed by atoms with Crippen molar-refractivity contribution in [2.45, 2.75) is 32.2 Å². The largest absolute Gasteiger partial charge is 0.452 e. The van der Waals surface area contributed by atoms with E-state index in [2.05, 4.69) is 10.4 Å². The topological polar surface area (TPSA) is 111 Å². The highest BCUT2D eigenvalue weighted by Crippen LogP contribution is 2.27. The van der Waals surface area contributed by atoms with Crippen LogP contribution in [0.4, 0.5) is 5.69 Å². The Hall–Kier alpha value is -2.14. The molecule has 1 amide bonds. The van der Waals surface area contributed by atoms with Crippen molar-refractivity contribution in [1.82, 2.24) is 14.1 Å². The number of nitrogens with one attached hydrogen (secondary N) is 1. The van der Waals surface area contributed by atoms with E-state index in [4.69, 9.17) is 27.9 Å². The number of carbonyl (C=O) groups is 2. The summed E-state index contributed by atoms with van der Waals surface area (Å²) in [5, 5.41) is 6.87. The predicted octanol–water partition coefficient (Wildman–Crippen LogP) is 3.20. The Labute approximate surface area is 191 Å². The summed E-state index contributed by atoms with van der Waals surface area (Å²) in [6.45, 7) is 5.54. The van der Waals surface area contributed by atoms with Crippen LogP contribution in [0.3, 0.4) is 0 Å². The van der Waals surface area contributed by atoms with Crippen LogP contribution in [0.5, 0.6) is 0 Å². The minimum Gasteiger partial charge on any atom is -0.452 e. The van der Waals surface area contributed by atoms with Gasteiger partial charge in [-0.25, -0.2) is 17.5 Å². The zero-order chi connectivity index (χ0) is 23.5. The molecule has 0 spiro atoms. The molecule has 9 nitrogen and oxygen atoms in total. The normalized spacial score (nSPS) is 11.8. The fourth-order valence-electron chi connectivity index (χ4n) is 2.63. The Bertz CT molecular complexity index is 1100. The first-order chi connectivity index (χ1) is 14.3. The molecular weight excluding hydrogens is 467 g/mol. The van der Waals surface area contributed by atoms with Gasteiger partial charge in [0.1, 0.15) is 15.6 Å². The van der Waals surface area contributed by atoms with Crippen molar-refractivity contribution < 1.29 is 22.7 Å². The summed E-state index contributed by atoms with van der Waals surface area (Å²) in [6, 6.07) is 4.02. The Morgan fingerprint density at radius 3 is 2.48 bits per heavy atom. The summed E-state index contributed by atoms with van der Waals surface area (Å²) in [6.07, 6.45) is 0. The first-order valence-corrected chi connectivity index (χ1v) is 11.5. The zero-order valence-corrected chi connectivity index (χ0v) is 20.1. The second-order valence-electron chi connectivity index (χ2n) is 7.38. The molecule has 0 bridgehead atoms. The first-order valence-electron chi connectivity index (χ1n) is 9.26. The van der Waals surface area contributed by atoms with Gasteiger partial charge in [0.05, 0.1) is 10.7 Å². The molecule has 170 valence electrons. The van der Waals surface area contributed by atoms with E-state index in [1.165, 1.54) is 37.0 Å². The second-order valence-corrected chi connectivity index (χ2v) is 10.3. The summed E-state index contributed by atoms with van der Waals surface area (Å²) < 4.78 is 32.2. The molecule has 0 saturated heterocycles. The average Bonchev–Trinajstić information content (AvgIpc) is 2.93. The van der Waals surface area contributed by atoms with E-state index in [9.17, 15) is 18.0 Å². The molecule has 0 aliphatic carbocycles. The van der Waals surface area contributed by atoms with Gasteiger partial charge in [0.2, 0.25) is 10.0 Å². The molecule has 0 saturated carbocycles. The molecule has 12 heteroatoms. The van der Waals surface area contributed by atoms with Crippen LogP contribution in [0.1, 0.15) is 29.9 Å². The number of benzene rings is 1. The van der Waals surface area contributed by atoms with Crippen molar-refractivity contribution in [3.63, 3.8) is 0 Å². The highest BCUT2D eigenvalue weighted by molar-refractivity contribution is 7.89. The fraction of sp³-hybridized carbons (Fsp3) is 0.421. The molecular formula is C19H24Cl2N4O5S. The van der Waals surface area contributed by atoms with Crippen molar-refractivity contribution in [3.8, 4) is 0 Å². The van der Waals surface area contributed by atoms with Crippen molar-refractivity contribution in [3.05, 3.63) is 39.6 Å². The molecule has 1 aromatic carbocycles. The summed E-state index contributed by atoms with van der Waals surface area (Å²) in [5.74, 6) is -1.17. The Morgan fingerprint density at radius 1 is 1.26 bits per heavy atom. The van der Waals surface area contributed by atoms with Gasteiger partial charge in [-0.1, -0.05) is 37.0 Å². The third-order valence-electron chi connectivity index (χ3n) is 4.12. The molecule has 0 atom stereocenters. The molecule has 1 N–H and O–H groups in total. The number of ether oxygens (including phenoxy) is 1. The highest BCUT2D eigenvalue weighted by atomic mass is 35.5. The van der Waals surface area contributed by atoms with E-state index in [1.54, 1.807) is 6.92 Å². The quantitative estimate of drug-likeness (QED) is 0.568. The second kappa shape index (κ2) is 9.99. The van der Waals surface area contributed by atoms with Gasteiger partial charge < -0.3 is 10.1 Å². The minimum atomic E-state index is -3.80. The van der Waals surface area contributed by atoms with Crippen LogP contribution in [0.25, 0.3) is 0 Å². The molecule has 0 aliphatic heterocycles. The zero-order valence-electron chi connectivity index (χ0n) is 17.8. The number of carbonyl (C=O) groups excluding carboxylic acids is 2. The number of anilines is 1. The lowest BCUT2D eigenvalue weighted by Gasteiger charge is -2.14. The van der Waals surface area contributed by atoms with E-state index >= 15 is 0 Å². The van der Waals surface area contributed by atoms with Gasteiger partial charge in [0.25, 0.3) is 5.91 Å². The molecule has 2 aromatic rings. The lowest BCUT2D eigenvalue weighted by Crippen LogP contribution is -2.23. The Kier molecular flexibility index (Phi) is 8.09. The number of rotatable bonds is 8. The number of aryl methyl sites for hydroxylation is 1. The third kappa shape index (κ3) is 5.97. The molecule has 0 unspecified atom stereocenters. The number of amides is 1. The smallest absolute Gasteiger partial charge is 0.343 e. The molecule has 1 aromatic heterocycles. The lowest BCUT2D eigenvalue weighted by atomic mass is 10.2. The van der Waals surface area contributed by atoms with Gasteiger partial charge in [0, 0.05) is 26.3 Å². The van der Waals surface area contributed by atoms with Crippen LogP contribution in [-0.2, 0) is 26.1 Å². The maximum Gasteiger partial charge on any atom is 0.343 e. The summed E-state index contributed by atoms with van der Waals surface area (Å²) in [5.41, 5.74) is 0.679. The van der Waals surface area contributed by atoms with E-state index in [1.807, 2.05) is 13.8 Å². The van der Waals surface area contributed by atoms with Gasteiger partial charge in [-0.3, -0.25) is 9.48 Å². The van der Waals surface area contributed by atoms with Crippen molar-refractivity contribution in [1.29, 1.82) is 0 Å². The standard InChI is InChI=1S/C19H24Cl2N4O5S/c1-11(2)9-25-18(21)17(12(3)23-25)19(27)30-10-16(26)22-13-6-7-14(20)15(8-13)31(28,29)24(4)5/h6-8,11H,9-10H2,1-5H3,(H,22,26). The molecule has 0 radical (unpaired) electrons. The van der Waals surface area contributed by atoms with E-state index < -0.39 is 28.5 Å². The van der Waals surface area contributed by atoms with Gasteiger partial charge in [-0.15, -0.1) is 0 Å². The third-order valence-corrected chi connectivity index (χ3v) is 6.80. The van der Waals surface area contributed by atoms with Crippen LogP contribution in [0.2, 0.25) is 10.2 Å². The number of sulfonamides is 1. The molecule has 2 rings (SSSR count). The van der Waals surface area contributed by atoms with Gasteiger partial charge >= 0.3 is 5.97 Å². The van der Waals surface area contributed by atoms with Crippen LogP contribution < -0.4 is 5.32 Å². The summed E-state index contributed by atoms with van der Waals surface area (Å²) >= 11 is 12.2. The van der Waals surface area contributed by atoms with Crippen molar-refractivity contribution in [2.24, 2.45) is 5.92 Å². The maximum absolute atomic E-state index is 12.4.